The quantitative estimate of drug-likeness (QED) is 0.757. The first-order valence-electron chi connectivity index (χ1n) is 6.14. The Morgan fingerprint density at radius 1 is 1.25 bits per heavy atom. The van der Waals surface area contributed by atoms with Gasteiger partial charge in [-0.25, -0.2) is 4.79 Å². The lowest BCUT2D eigenvalue weighted by molar-refractivity contribution is -0.148. The Labute approximate surface area is 116 Å². The molecule has 0 saturated carbocycles. The molecule has 0 atom stereocenters. The van der Waals surface area contributed by atoms with Crippen molar-refractivity contribution in [3.63, 3.8) is 0 Å². The van der Waals surface area contributed by atoms with Gasteiger partial charge in [-0.3, -0.25) is 9.59 Å². The molecule has 0 bridgehead atoms. The molecule has 1 aromatic heterocycles. The van der Waals surface area contributed by atoms with Crippen LogP contribution in [0.3, 0.4) is 0 Å². The second kappa shape index (κ2) is 6.74. The van der Waals surface area contributed by atoms with Gasteiger partial charge in [0.1, 0.15) is 6.54 Å². The second-order valence-corrected chi connectivity index (χ2v) is 4.22. The summed E-state index contributed by atoms with van der Waals surface area (Å²) in [6.45, 7) is 4.92. The fourth-order valence-electron chi connectivity index (χ4n) is 1.79. The lowest BCUT2D eigenvalue weighted by atomic mass is 10.2. The van der Waals surface area contributed by atoms with Crippen molar-refractivity contribution in [1.29, 1.82) is 0 Å². The number of carbonyl (C=O) groups is 3. The van der Waals surface area contributed by atoms with Crippen molar-refractivity contribution in [3.05, 3.63) is 23.0 Å². The molecule has 110 valence electrons. The van der Waals surface area contributed by atoms with E-state index in [9.17, 15) is 14.4 Å². The molecule has 20 heavy (non-hydrogen) atoms. The number of amides is 1. The number of carbonyl (C=O) groups excluding carboxylic acids is 3. The predicted molar refractivity (Wildman–Crippen MR) is 70.0 cm³/mol. The SMILES string of the molecule is CCOC(=O)c1cc(C)n(CC(=O)OCC(N)=O)c1C. The number of rotatable bonds is 6. The van der Waals surface area contributed by atoms with Crippen LogP contribution in [0.2, 0.25) is 0 Å². The summed E-state index contributed by atoms with van der Waals surface area (Å²) >= 11 is 0. The van der Waals surface area contributed by atoms with E-state index < -0.39 is 24.5 Å². The highest BCUT2D eigenvalue weighted by Crippen LogP contribution is 2.16. The fraction of sp³-hybridized carbons (Fsp3) is 0.462. The van der Waals surface area contributed by atoms with Crippen LogP contribution in [0.15, 0.2) is 6.07 Å². The number of primary amides is 1. The molecular weight excluding hydrogens is 264 g/mol. The third-order valence-electron chi connectivity index (χ3n) is 2.73. The normalized spacial score (nSPS) is 10.2. The first-order valence-corrected chi connectivity index (χ1v) is 6.14. The highest BCUT2D eigenvalue weighted by molar-refractivity contribution is 5.91. The van der Waals surface area contributed by atoms with Crippen molar-refractivity contribution < 1.29 is 23.9 Å². The third kappa shape index (κ3) is 3.84. The molecule has 0 saturated heterocycles. The zero-order valence-corrected chi connectivity index (χ0v) is 11.8. The lowest BCUT2D eigenvalue weighted by Gasteiger charge is -2.09. The van der Waals surface area contributed by atoms with Crippen LogP contribution in [0.25, 0.3) is 0 Å². The van der Waals surface area contributed by atoms with Crippen LogP contribution >= 0.6 is 0 Å². The third-order valence-corrected chi connectivity index (χ3v) is 2.73. The van der Waals surface area contributed by atoms with Crippen molar-refractivity contribution >= 4 is 17.8 Å². The van der Waals surface area contributed by atoms with E-state index in [-0.39, 0.29) is 13.2 Å². The molecule has 0 fully saturated rings. The Hall–Kier alpha value is -2.31. The van der Waals surface area contributed by atoms with Gasteiger partial charge in [0.15, 0.2) is 6.61 Å². The minimum absolute atomic E-state index is 0.0929. The zero-order valence-electron chi connectivity index (χ0n) is 11.8. The van der Waals surface area contributed by atoms with E-state index in [4.69, 9.17) is 10.5 Å². The van der Waals surface area contributed by atoms with Crippen LogP contribution in [-0.2, 0) is 25.6 Å². The number of aryl methyl sites for hydroxylation is 1. The van der Waals surface area contributed by atoms with Gasteiger partial charge in [-0.15, -0.1) is 0 Å². The van der Waals surface area contributed by atoms with Gasteiger partial charge in [0.25, 0.3) is 5.91 Å². The summed E-state index contributed by atoms with van der Waals surface area (Å²) in [5.41, 5.74) is 6.63. The molecule has 0 aliphatic rings. The van der Waals surface area contributed by atoms with Crippen molar-refractivity contribution in [2.45, 2.75) is 27.3 Å². The Balaban J connectivity index is 2.83. The van der Waals surface area contributed by atoms with E-state index in [0.717, 1.165) is 5.69 Å². The van der Waals surface area contributed by atoms with E-state index in [0.29, 0.717) is 11.3 Å². The summed E-state index contributed by atoms with van der Waals surface area (Å²) in [4.78, 5) is 33.8. The topological polar surface area (TPSA) is 101 Å². The number of hydrogen-bond donors (Lipinski definition) is 1. The number of nitrogens with two attached hydrogens (primary N) is 1. The number of esters is 2. The van der Waals surface area contributed by atoms with Crippen molar-refractivity contribution in [2.75, 3.05) is 13.2 Å². The van der Waals surface area contributed by atoms with Crippen molar-refractivity contribution in [2.24, 2.45) is 5.73 Å². The first kappa shape index (κ1) is 15.7. The van der Waals surface area contributed by atoms with Gasteiger partial charge in [0.2, 0.25) is 0 Å². The maximum absolute atomic E-state index is 11.7. The van der Waals surface area contributed by atoms with E-state index in [1.165, 1.54) is 0 Å². The van der Waals surface area contributed by atoms with Crippen molar-refractivity contribution in [3.8, 4) is 0 Å². The second-order valence-electron chi connectivity index (χ2n) is 4.22. The molecule has 1 amide bonds. The average molecular weight is 282 g/mol. The number of nitrogens with zero attached hydrogens (tertiary/aromatic N) is 1. The van der Waals surface area contributed by atoms with Gasteiger partial charge >= 0.3 is 11.9 Å². The van der Waals surface area contributed by atoms with E-state index in [1.807, 2.05) is 0 Å². The van der Waals surface area contributed by atoms with Crippen LogP contribution in [0.1, 0.15) is 28.7 Å². The highest BCUT2D eigenvalue weighted by atomic mass is 16.5. The Kier molecular flexibility index (Phi) is 5.31. The number of aromatic nitrogens is 1. The molecule has 0 radical (unpaired) electrons. The van der Waals surface area contributed by atoms with Crippen LogP contribution in [0.4, 0.5) is 0 Å². The molecule has 7 heteroatoms. The summed E-state index contributed by atoms with van der Waals surface area (Å²) in [6, 6.07) is 1.65. The standard InChI is InChI=1S/C13H18N2O5/c1-4-19-13(18)10-5-8(2)15(9(10)3)6-12(17)20-7-11(14)16/h5H,4,6-7H2,1-3H3,(H2,14,16). The van der Waals surface area contributed by atoms with Crippen LogP contribution in [0, 0.1) is 13.8 Å². The molecular formula is C13H18N2O5. The van der Waals surface area contributed by atoms with E-state index in [1.54, 1.807) is 31.4 Å². The summed E-state index contributed by atoms with van der Waals surface area (Å²) in [7, 11) is 0. The van der Waals surface area contributed by atoms with Gasteiger partial charge in [0.05, 0.1) is 12.2 Å². The smallest absolute Gasteiger partial charge is 0.339 e. The van der Waals surface area contributed by atoms with Gasteiger partial charge < -0.3 is 19.8 Å². The summed E-state index contributed by atoms with van der Waals surface area (Å²) in [5.74, 6) is -1.75. The predicted octanol–water partition coefficient (Wildman–Crippen LogP) is 0.310. The molecule has 0 aliphatic heterocycles. The Morgan fingerprint density at radius 3 is 2.45 bits per heavy atom. The molecule has 0 spiro atoms. The molecule has 0 unspecified atom stereocenters. The Morgan fingerprint density at radius 2 is 1.90 bits per heavy atom. The minimum Gasteiger partial charge on any atom is -0.462 e. The molecule has 1 aromatic rings. The van der Waals surface area contributed by atoms with Crippen LogP contribution < -0.4 is 5.73 Å². The van der Waals surface area contributed by atoms with E-state index in [2.05, 4.69) is 4.74 Å². The maximum atomic E-state index is 11.7. The highest BCUT2D eigenvalue weighted by Gasteiger charge is 2.18. The van der Waals surface area contributed by atoms with Crippen LogP contribution in [0.5, 0.6) is 0 Å². The van der Waals surface area contributed by atoms with Gasteiger partial charge in [0, 0.05) is 11.4 Å². The lowest BCUT2D eigenvalue weighted by Crippen LogP contribution is -2.23. The molecule has 2 N–H and O–H groups in total. The zero-order chi connectivity index (χ0) is 15.3. The summed E-state index contributed by atoms with van der Waals surface area (Å²) in [5, 5.41) is 0. The van der Waals surface area contributed by atoms with Crippen LogP contribution in [-0.4, -0.2) is 35.6 Å². The Bertz CT molecular complexity index is 533. The monoisotopic (exact) mass is 282 g/mol. The van der Waals surface area contributed by atoms with E-state index >= 15 is 0 Å². The minimum atomic E-state index is -0.716. The fourth-order valence-corrected chi connectivity index (χ4v) is 1.79. The molecule has 1 rings (SSSR count). The maximum Gasteiger partial charge on any atom is 0.339 e. The summed E-state index contributed by atoms with van der Waals surface area (Å²) in [6.07, 6.45) is 0. The number of ether oxygens (including phenoxy) is 2. The molecule has 0 aliphatic carbocycles. The first-order chi connectivity index (χ1) is 9.36. The van der Waals surface area contributed by atoms with Gasteiger partial charge in [-0.1, -0.05) is 0 Å². The average Bonchev–Trinajstić information content (AvgIpc) is 2.64. The van der Waals surface area contributed by atoms with Gasteiger partial charge in [-0.05, 0) is 26.8 Å². The molecule has 0 aromatic carbocycles. The molecule has 7 nitrogen and oxygen atoms in total. The number of hydrogen-bond acceptors (Lipinski definition) is 5. The molecule has 1 heterocycles. The largest absolute Gasteiger partial charge is 0.462 e. The van der Waals surface area contributed by atoms with Crippen molar-refractivity contribution in [1.82, 2.24) is 4.57 Å². The van der Waals surface area contributed by atoms with Gasteiger partial charge in [-0.2, -0.15) is 0 Å². The summed E-state index contributed by atoms with van der Waals surface area (Å²) < 4.78 is 11.2.